The molecule has 4 heteroatoms. The largest absolute Gasteiger partial charge is 0.371 e. The van der Waals surface area contributed by atoms with E-state index in [1.165, 1.54) is 25.0 Å². The number of piperazine rings is 1. The van der Waals surface area contributed by atoms with E-state index < -0.39 is 0 Å². The topological polar surface area (TPSA) is 40.6 Å². The second-order valence-corrected chi connectivity index (χ2v) is 11.1. The highest BCUT2D eigenvalue weighted by atomic mass is 16.2. The van der Waals surface area contributed by atoms with Crippen molar-refractivity contribution in [3.05, 3.63) is 11.8 Å². The molecule has 4 saturated carbocycles. The van der Waals surface area contributed by atoms with Gasteiger partial charge in [-0.2, -0.15) is 0 Å². The van der Waals surface area contributed by atoms with Gasteiger partial charge in [-0.1, -0.05) is 13.8 Å². The Kier molecular flexibility index (Phi) is 4.00. The first kappa shape index (κ1) is 17.8. The van der Waals surface area contributed by atoms with Crippen LogP contribution in [0, 0.1) is 28.6 Å². The van der Waals surface area contributed by atoms with Gasteiger partial charge in [-0.15, -0.1) is 0 Å². The van der Waals surface area contributed by atoms with Gasteiger partial charge < -0.3 is 9.80 Å². The van der Waals surface area contributed by atoms with Crippen molar-refractivity contribution in [2.75, 3.05) is 26.2 Å². The van der Waals surface area contributed by atoms with Gasteiger partial charge in [-0.05, 0) is 68.1 Å². The van der Waals surface area contributed by atoms with Crippen LogP contribution < -0.4 is 0 Å². The summed E-state index contributed by atoms with van der Waals surface area (Å²) in [4.78, 5) is 30.2. The second kappa shape index (κ2) is 6.09. The summed E-state index contributed by atoms with van der Waals surface area (Å²) in [6.07, 6.45) is 11.1. The van der Waals surface area contributed by atoms with Crippen molar-refractivity contribution in [1.29, 1.82) is 0 Å². The van der Waals surface area contributed by atoms with Crippen molar-refractivity contribution in [3.63, 3.8) is 0 Å². The fraction of sp³-hybridized carbons (Fsp3) is 0.826. The van der Waals surface area contributed by atoms with E-state index >= 15 is 0 Å². The van der Waals surface area contributed by atoms with Gasteiger partial charge in [0.1, 0.15) is 0 Å². The lowest BCUT2D eigenvalue weighted by molar-refractivity contribution is -0.159. The highest BCUT2D eigenvalue weighted by Crippen LogP contribution is 2.60. The highest BCUT2D eigenvalue weighted by Gasteiger charge is 2.55. The van der Waals surface area contributed by atoms with E-state index in [9.17, 15) is 9.59 Å². The van der Waals surface area contributed by atoms with E-state index in [1.54, 1.807) is 0 Å². The van der Waals surface area contributed by atoms with Gasteiger partial charge in [0.25, 0.3) is 0 Å². The lowest BCUT2D eigenvalue weighted by Crippen LogP contribution is -2.58. The molecule has 1 heterocycles. The lowest BCUT2D eigenvalue weighted by atomic mass is 9.49. The third-order valence-electron chi connectivity index (χ3n) is 8.11. The summed E-state index contributed by atoms with van der Waals surface area (Å²) in [6.45, 7) is 7.79. The van der Waals surface area contributed by atoms with Gasteiger partial charge in [0.2, 0.25) is 5.91 Å². The summed E-state index contributed by atoms with van der Waals surface area (Å²) in [7, 11) is 0. The molecule has 4 nitrogen and oxygen atoms in total. The van der Waals surface area contributed by atoms with Crippen LogP contribution in [0.15, 0.2) is 11.8 Å². The van der Waals surface area contributed by atoms with Crippen LogP contribution in [0.5, 0.6) is 0 Å². The molecule has 27 heavy (non-hydrogen) atoms. The minimum Gasteiger partial charge on any atom is -0.371 e. The maximum Gasteiger partial charge on any atom is 0.228 e. The van der Waals surface area contributed by atoms with Crippen molar-refractivity contribution < 1.29 is 9.59 Å². The minimum absolute atomic E-state index is 0.0149. The van der Waals surface area contributed by atoms with Crippen LogP contribution in [0.4, 0.5) is 0 Å². The van der Waals surface area contributed by atoms with Gasteiger partial charge in [-0.25, -0.2) is 0 Å². The summed E-state index contributed by atoms with van der Waals surface area (Å²) in [5.41, 5.74) is 1.24. The lowest BCUT2D eigenvalue weighted by Gasteiger charge is -2.57. The van der Waals surface area contributed by atoms with Gasteiger partial charge in [-0.3, -0.25) is 9.59 Å². The molecule has 1 aliphatic heterocycles. The van der Waals surface area contributed by atoms with Crippen molar-refractivity contribution in [3.8, 4) is 0 Å². The van der Waals surface area contributed by atoms with E-state index in [0.717, 1.165) is 69.6 Å². The fourth-order valence-corrected chi connectivity index (χ4v) is 7.42. The van der Waals surface area contributed by atoms with Crippen LogP contribution in [0.2, 0.25) is 0 Å². The van der Waals surface area contributed by atoms with Crippen LogP contribution >= 0.6 is 0 Å². The fourth-order valence-electron chi connectivity index (χ4n) is 7.42. The van der Waals surface area contributed by atoms with Crippen LogP contribution in [-0.4, -0.2) is 47.7 Å². The molecule has 0 radical (unpaired) electrons. The zero-order valence-corrected chi connectivity index (χ0v) is 17.0. The van der Waals surface area contributed by atoms with Gasteiger partial charge in [0.15, 0.2) is 5.78 Å². The average Bonchev–Trinajstić information content (AvgIpc) is 2.58. The molecule has 4 bridgehead atoms. The van der Waals surface area contributed by atoms with Crippen LogP contribution in [0.3, 0.4) is 0 Å². The van der Waals surface area contributed by atoms with E-state index in [0.29, 0.717) is 12.3 Å². The highest BCUT2D eigenvalue weighted by molar-refractivity contribution is 5.91. The predicted molar refractivity (Wildman–Crippen MR) is 105 cm³/mol. The Morgan fingerprint density at radius 1 is 0.926 bits per heavy atom. The zero-order chi connectivity index (χ0) is 18.8. The summed E-state index contributed by atoms with van der Waals surface area (Å²) in [5.74, 6) is 3.19. The minimum atomic E-state index is -0.0149. The predicted octanol–water partition coefficient (Wildman–Crippen LogP) is 3.62. The molecule has 0 unspecified atom stereocenters. The number of hydrogen-bond donors (Lipinski definition) is 0. The van der Waals surface area contributed by atoms with Crippen LogP contribution in [-0.2, 0) is 9.59 Å². The summed E-state index contributed by atoms with van der Waals surface area (Å²) < 4.78 is 0. The Morgan fingerprint density at radius 3 is 2.00 bits per heavy atom. The number of amides is 1. The quantitative estimate of drug-likeness (QED) is 0.745. The summed E-state index contributed by atoms with van der Waals surface area (Å²) >= 11 is 0. The number of allylic oxidation sites excluding steroid dienone is 2. The first-order chi connectivity index (χ1) is 12.8. The molecule has 1 amide bonds. The summed E-state index contributed by atoms with van der Waals surface area (Å²) in [5, 5.41) is 0. The first-order valence-corrected chi connectivity index (χ1v) is 11.1. The molecular weight excluding hydrogens is 336 g/mol. The Bertz CT molecular complexity index is 649. The molecule has 6 rings (SSSR count). The van der Waals surface area contributed by atoms with E-state index in [2.05, 4.69) is 23.6 Å². The molecule has 0 spiro atoms. The maximum absolute atomic E-state index is 13.5. The smallest absolute Gasteiger partial charge is 0.228 e. The van der Waals surface area contributed by atoms with Crippen molar-refractivity contribution in [1.82, 2.24) is 9.80 Å². The molecular formula is C23H34N2O2. The molecule has 1 saturated heterocycles. The molecule has 0 aromatic rings. The van der Waals surface area contributed by atoms with E-state index in [1.807, 2.05) is 6.08 Å². The molecule has 6 aliphatic rings. The number of ketones is 1. The number of carbonyl (C=O) groups is 2. The average molecular weight is 371 g/mol. The monoisotopic (exact) mass is 370 g/mol. The van der Waals surface area contributed by atoms with Crippen LogP contribution in [0.25, 0.3) is 0 Å². The Morgan fingerprint density at radius 2 is 1.48 bits per heavy atom. The van der Waals surface area contributed by atoms with E-state index in [4.69, 9.17) is 0 Å². The Hall–Kier alpha value is -1.32. The number of rotatable bonds is 2. The van der Waals surface area contributed by atoms with Crippen LogP contribution in [0.1, 0.15) is 65.2 Å². The maximum atomic E-state index is 13.5. The van der Waals surface area contributed by atoms with Gasteiger partial charge in [0.05, 0.1) is 5.41 Å². The third-order valence-corrected chi connectivity index (χ3v) is 8.11. The van der Waals surface area contributed by atoms with Crippen molar-refractivity contribution in [2.24, 2.45) is 28.6 Å². The first-order valence-electron chi connectivity index (χ1n) is 11.1. The molecule has 5 aliphatic carbocycles. The zero-order valence-electron chi connectivity index (χ0n) is 17.0. The van der Waals surface area contributed by atoms with Crippen molar-refractivity contribution in [2.45, 2.75) is 65.2 Å². The number of nitrogens with zero attached hydrogens (tertiary/aromatic N) is 2. The molecule has 0 N–H and O–H groups in total. The Labute approximate surface area is 163 Å². The SMILES string of the molecule is CC1(C)CC(=O)C=C(N2CCN(C(=O)C34CC5CC(CC(C5)C3)C4)CC2)C1. The van der Waals surface area contributed by atoms with E-state index in [-0.39, 0.29) is 16.6 Å². The van der Waals surface area contributed by atoms with Gasteiger partial charge in [0, 0.05) is 44.4 Å². The number of hydrogen-bond acceptors (Lipinski definition) is 3. The number of carbonyl (C=O) groups excluding carboxylic acids is 2. The molecule has 0 aromatic carbocycles. The standard InChI is InChI=1S/C23H34N2O2/c1-22(2)14-19(10-20(26)15-22)24-3-5-25(6-4-24)21(27)23-11-16-7-17(12-23)9-18(8-16)13-23/h10,16-18H,3-9,11-15H2,1-2H3. The molecule has 0 aromatic heterocycles. The molecule has 148 valence electrons. The Balaban J connectivity index is 1.25. The molecule has 0 atom stereocenters. The summed E-state index contributed by atoms with van der Waals surface area (Å²) in [6, 6.07) is 0. The van der Waals surface area contributed by atoms with Crippen molar-refractivity contribution >= 4 is 11.7 Å². The third kappa shape index (κ3) is 3.13. The normalized spacial score (nSPS) is 40.3. The second-order valence-electron chi connectivity index (χ2n) is 11.1. The van der Waals surface area contributed by atoms with Gasteiger partial charge >= 0.3 is 0 Å². The molecule has 5 fully saturated rings.